The first-order valence-electron chi connectivity index (χ1n) is 8.54. The Labute approximate surface area is 155 Å². The molecule has 0 saturated heterocycles. The summed E-state index contributed by atoms with van der Waals surface area (Å²) in [5.41, 5.74) is 18.0. The molecule has 0 radical (unpaired) electrons. The van der Waals surface area contributed by atoms with Crippen LogP contribution >= 0.6 is 0 Å². The van der Waals surface area contributed by atoms with Gasteiger partial charge in [0, 0.05) is 40.8 Å². The third-order valence-corrected chi connectivity index (χ3v) is 4.60. The molecule has 0 atom stereocenters. The second kappa shape index (κ2) is 5.81. The maximum atomic E-state index is 6.18. The SMILES string of the molecule is Nc1cccc(-c2nc(N)c3nccn3c2-c2ccc3ncccc3c2)c1. The zero-order chi connectivity index (χ0) is 18.4. The lowest BCUT2D eigenvalue weighted by Crippen LogP contribution is -2.04. The molecule has 0 aliphatic heterocycles. The van der Waals surface area contributed by atoms with Crippen LogP contribution in [-0.4, -0.2) is 19.4 Å². The van der Waals surface area contributed by atoms with E-state index in [0.29, 0.717) is 17.2 Å². The zero-order valence-corrected chi connectivity index (χ0v) is 14.4. The Morgan fingerprint density at radius 2 is 1.74 bits per heavy atom. The summed E-state index contributed by atoms with van der Waals surface area (Å²) in [6, 6.07) is 17.8. The van der Waals surface area contributed by atoms with Crippen molar-refractivity contribution >= 4 is 28.1 Å². The van der Waals surface area contributed by atoms with Crippen LogP contribution in [0.4, 0.5) is 11.5 Å². The molecule has 0 fully saturated rings. The fourth-order valence-electron chi connectivity index (χ4n) is 3.40. The standard InChI is InChI=1S/C21H16N6/c22-16-5-1-3-14(12-16)18-19(27-10-9-25-21(27)20(23)26-18)15-6-7-17-13(11-15)4-2-8-24-17/h1-12H,22H2,(H2,23,26). The van der Waals surface area contributed by atoms with Crippen molar-refractivity contribution in [2.45, 2.75) is 0 Å². The lowest BCUT2D eigenvalue weighted by Gasteiger charge is -2.14. The van der Waals surface area contributed by atoms with Gasteiger partial charge in [0.05, 0.1) is 16.9 Å². The maximum absolute atomic E-state index is 6.18. The van der Waals surface area contributed by atoms with E-state index in [1.165, 1.54) is 0 Å². The van der Waals surface area contributed by atoms with Gasteiger partial charge in [0.25, 0.3) is 0 Å². The van der Waals surface area contributed by atoms with E-state index in [0.717, 1.165) is 33.4 Å². The van der Waals surface area contributed by atoms with E-state index in [1.54, 1.807) is 12.4 Å². The number of pyridine rings is 1. The van der Waals surface area contributed by atoms with E-state index < -0.39 is 0 Å². The molecule has 0 unspecified atom stereocenters. The van der Waals surface area contributed by atoms with Crippen molar-refractivity contribution in [3.63, 3.8) is 0 Å². The molecule has 6 nitrogen and oxygen atoms in total. The van der Waals surface area contributed by atoms with Crippen molar-refractivity contribution in [1.82, 2.24) is 19.4 Å². The summed E-state index contributed by atoms with van der Waals surface area (Å²) in [6.07, 6.45) is 5.41. The molecule has 6 heteroatoms. The van der Waals surface area contributed by atoms with Gasteiger partial charge in [-0.1, -0.05) is 24.3 Å². The summed E-state index contributed by atoms with van der Waals surface area (Å²) in [7, 11) is 0. The highest BCUT2D eigenvalue weighted by Crippen LogP contribution is 2.34. The van der Waals surface area contributed by atoms with Crippen LogP contribution in [-0.2, 0) is 0 Å². The molecule has 5 aromatic rings. The highest BCUT2D eigenvalue weighted by atomic mass is 15.1. The van der Waals surface area contributed by atoms with E-state index in [4.69, 9.17) is 11.5 Å². The Morgan fingerprint density at radius 3 is 2.63 bits per heavy atom. The molecule has 0 amide bonds. The monoisotopic (exact) mass is 352 g/mol. The summed E-state index contributed by atoms with van der Waals surface area (Å²) >= 11 is 0. The molecule has 0 bridgehead atoms. The molecule has 2 aromatic carbocycles. The van der Waals surface area contributed by atoms with Gasteiger partial charge in [0.15, 0.2) is 11.5 Å². The topological polar surface area (TPSA) is 95.1 Å². The van der Waals surface area contributed by atoms with Crippen LogP contribution in [0.5, 0.6) is 0 Å². The second-order valence-electron chi connectivity index (χ2n) is 6.35. The van der Waals surface area contributed by atoms with Gasteiger partial charge in [0.1, 0.15) is 0 Å². The summed E-state index contributed by atoms with van der Waals surface area (Å²) < 4.78 is 1.97. The van der Waals surface area contributed by atoms with Gasteiger partial charge in [-0.05, 0) is 30.3 Å². The fourth-order valence-corrected chi connectivity index (χ4v) is 3.40. The first-order chi connectivity index (χ1) is 13.2. The second-order valence-corrected chi connectivity index (χ2v) is 6.35. The Kier molecular flexibility index (Phi) is 3.30. The smallest absolute Gasteiger partial charge is 0.180 e. The number of hydrogen-bond acceptors (Lipinski definition) is 5. The Balaban J connectivity index is 1.87. The van der Waals surface area contributed by atoms with Gasteiger partial charge in [0.2, 0.25) is 0 Å². The van der Waals surface area contributed by atoms with Crippen molar-refractivity contribution in [2.75, 3.05) is 11.5 Å². The van der Waals surface area contributed by atoms with E-state index >= 15 is 0 Å². The van der Waals surface area contributed by atoms with E-state index in [2.05, 4.69) is 21.0 Å². The molecule has 0 aliphatic carbocycles. The van der Waals surface area contributed by atoms with Gasteiger partial charge in [-0.3, -0.25) is 9.38 Å². The summed E-state index contributed by atoms with van der Waals surface area (Å²) in [5.74, 6) is 0.378. The molecule has 0 spiro atoms. The van der Waals surface area contributed by atoms with Crippen LogP contribution in [0.2, 0.25) is 0 Å². The van der Waals surface area contributed by atoms with Crippen LogP contribution in [0, 0.1) is 0 Å². The minimum atomic E-state index is 0.378. The lowest BCUT2D eigenvalue weighted by atomic mass is 10.0. The highest BCUT2D eigenvalue weighted by molar-refractivity contribution is 5.89. The van der Waals surface area contributed by atoms with E-state index in [9.17, 15) is 0 Å². The number of nitrogens with zero attached hydrogens (tertiary/aromatic N) is 4. The molecule has 3 heterocycles. The average molecular weight is 352 g/mol. The minimum absolute atomic E-state index is 0.378. The number of nitrogens with two attached hydrogens (primary N) is 2. The number of benzene rings is 2. The molecule has 0 saturated carbocycles. The molecule has 27 heavy (non-hydrogen) atoms. The normalized spacial score (nSPS) is 11.3. The first-order valence-corrected chi connectivity index (χ1v) is 8.54. The predicted octanol–water partition coefficient (Wildman–Crippen LogP) is 3.78. The molecule has 5 rings (SSSR count). The number of fused-ring (bicyclic) bond motifs is 2. The van der Waals surface area contributed by atoms with Crippen molar-refractivity contribution in [2.24, 2.45) is 0 Å². The highest BCUT2D eigenvalue weighted by Gasteiger charge is 2.17. The maximum Gasteiger partial charge on any atom is 0.180 e. The Morgan fingerprint density at radius 1 is 0.815 bits per heavy atom. The summed E-state index contributed by atoms with van der Waals surface area (Å²) in [5, 5.41) is 1.05. The first kappa shape index (κ1) is 15.3. The largest absolute Gasteiger partial charge is 0.399 e. The molecular weight excluding hydrogens is 336 g/mol. The van der Waals surface area contributed by atoms with Gasteiger partial charge in [-0.25, -0.2) is 9.97 Å². The molecule has 0 aliphatic rings. The van der Waals surface area contributed by atoms with Crippen molar-refractivity contribution < 1.29 is 0 Å². The summed E-state index contributed by atoms with van der Waals surface area (Å²) in [4.78, 5) is 13.4. The van der Waals surface area contributed by atoms with Crippen molar-refractivity contribution in [3.8, 4) is 22.5 Å². The predicted molar refractivity (Wildman–Crippen MR) is 108 cm³/mol. The fraction of sp³-hybridized carbons (Fsp3) is 0. The van der Waals surface area contributed by atoms with Gasteiger partial charge in [-0.2, -0.15) is 0 Å². The number of hydrogen-bond donors (Lipinski definition) is 2. The lowest BCUT2D eigenvalue weighted by molar-refractivity contribution is 1.14. The zero-order valence-electron chi connectivity index (χ0n) is 14.4. The third kappa shape index (κ3) is 2.46. The van der Waals surface area contributed by atoms with Crippen LogP contribution < -0.4 is 11.5 Å². The van der Waals surface area contributed by atoms with E-state index in [-0.39, 0.29) is 0 Å². The van der Waals surface area contributed by atoms with Gasteiger partial charge in [-0.15, -0.1) is 0 Å². The Bertz CT molecular complexity index is 1300. The summed E-state index contributed by atoms with van der Waals surface area (Å²) in [6.45, 7) is 0. The number of rotatable bonds is 2. The number of aromatic nitrogens is 4. The third-order valence-electron chi connectivity index (χ3n) is 4.60. The number of nitrogen functional groups attached to an aromatic ring is 2. The molecule has 4 N–H and O–H groups in total. The van der Waals surface area contributed by atoms with Gasteiger partial charge >= 0.3 is 0 Å². The van der Waals surface area contributed by atoms with Crippen LogP contribution in [0.3, 0.4) is 0 Å². The van der Waals surface area contributed by atoms with Crippen molar-refractivity contribution in [1.29, 1.82) is 0 Å². The number of anilines is 2. The van der Waals surface area contributed by atoms with Crippen LogP contribution in [0.1, 0.15) is 0 Å². The average Bonchev–Trinajstić information content (AvgIpc) is 3.18. The molecule has 130 valence electrons. The van der Waals surface area contributed by atoms with Crippen molar-refractivity contribution in [3.05, 3.63) is 73.2 Å². The minimum Gasteiger partial charge on any atom is -0.399 e. The van der Waals surface area contributed by atoms with Crippen LogP contribution in [0.15, 0.2) is 73.2 Å². The van der Waals surface area contributed by atoms with E-state index in [1.807, 2.05) is 59.1 Å². The Hall–Kier alpha value is -3.93. The molecular formula is C21H16N6. The van der Waals surface area contributed by atoms with Gasteiger partial charge < -0.3 is 11.5 Å². The van der Waals surface area contributed by atoms with Crippen LogP contribution in [0.25, 0.3) is 39.1 Å². The number of imidazole rings is 1. The molecule has 3 aromatic heterocycles. The quantitative estimate of drug-likeness (QED) is 0.472.